The van der Waals surface area contributed by atoms with Gasteiger partial charge in [0.15, 0.2) is 0 Å². The molecular weight excluding hydrogens is 276 g/mol. The third-order valence-electron chi connectivity index (χ3n) is 4.44. The van der Waals surface area contributed by atoms with Crippen LogP contribution in [0.2, 0.25) is 0 Å². The number of amides is 1. The van der Waals surface area contributed by atoms with E-state index in [4.69, 9.17) is 4.74 Å². The number of para-hydroxylation sites is 1. The number of ether oxygens (including phenoxy) is 1. The summed E-state index contributed by atoms with van der Waals surface area (Å²) in [6, 6.07) is 8.33. The summed E-state index contributed by atoms with van der Waals surface area (Å²) in [5.41, 5.74) is 2.40. The maximum atomic E-state index is 12.3. The van der Waals surface area contributed by atoms with E-state index >= 15 is 0 Å². The van der Waals surface area contributed by atoms with Crippen molar-refractivity contribution in [3.63, 3.8) is 0 Å². The molecule has 4 heteroatoms. The van der Waals surface area contributed by atoms with Gasteiger partial charge in [-0.25, -0.2) is 0 Å². The summed E-state index contributed by atoms with van der Waals surface area (Å²) in [5, 5.41) is 3.12. The first-order valence-electron chi connectivity index (χ1n) is 8.18. The SMILES string of the molecule is O=C(NCc1ccccc1N1CCOCC1)C1CC=CCC1. The number of anilines is 1. The van der Waals surface area contributed by atoms with Gasteiger partial charge in [0.25, 0.3) is 0 Å². The lowest BCUT2D eigenvalue weighted by Crippen LogP contribution is -2.37. The Bertz CT molecular complexity index is 536. The Morgan fingerprint density at radius 1 is 1.23 bits per heavy atom. The molecule has 1 unspecified atom stereocenters. The van der Waals surface area contributed by atoms with Crippen LogP contribution in [-0.2, 0) is 16.1 Å². The van der Waals surface area contributed by atoms with E-state index in [9.17, 15) is 4.79 Å². The molecule has 1 fully saturated rings. The number of allylic oxidation sites excluding steroid dienone is 2. The van der Waals surface area contributed by atoms with E-state index in [1.165, 1.54) is 11.3 Å². The second-order valence-electron chi connectivity index (χ2n) is 5.93. The largest absolute Gasteiger partial charge is 0.378 e. The maximum absolute atomic E-state index is 12.3. The van der Waals surface area contributed by atoms with Crippen molar-refractivity contribution in [3.05, 3.63) is 42.0 Å². The highest BCUT2D eigenvalue weighted by atomic mass is 16.5. The number of hydrogen-bond donors (Lipinski definition) is 1. The summed E-state index contributed by atoms with van der Waals surface area (Å²) in [4.78, 5) is 14.6. The molecular formula is C18H24N2O2. The van der Waals surface area contributed by atoms with Crippen LogP contribution in [0.5, 0.6) is 0 Å². The highest BCUT2D eigenvalue weighted by molar-refractivity contribution is 5.79. The van der Waals surface area contributed by atoms with Gasteiger partial charge in [-0.3, -0.25) is 4.79 Å². The zero-order chi connectivity index (χ0) is 15.2. The van der Waals surface area contributed by atoms with Crippen LogP contribution in [-0.4, -0.2) is 32.2 Å². The molecule has 0 aromatic heterocycles. The first-order chi connectivity index (χ1) is 10.8. The molecule has 1 aromatic rings. The number of benzene rings is 1. The van der Waals surface area contributed by atoms with Crippen LogP contribution in [0.3, 0.4) is 0 Å². The average Bonchev–Trinajstić information content (AvgIpc) is 2.61. The minimum Gasteiger partial charge on any atom is -0.378 e. The second kappa shape index (κ2) is 7.45. The van der Waals surface area contributed by atoms with Crippen LogP contribution in [0.4, 0.5) is 5.69 Å². The monoisotopic (exact) mass is 300 g/mol. The van der Waals surface area contributed by atoms with Crippen LogP contribution in [0.15, 0.2) is 36.4 Å². The first kappa shape index (κ1) is 15.1. The summed E-state index contributed by atoms with van der Waals surface area (Å²) in [7, 11) is 0. The Labute approximate surface area is 132 Å². The summed E-state index contributed by atoms with van der Waals surface area (Å²) in [6.45, 7) is 3.98. The first-order valence-corrected chi connectivity index (χ1v) is 8.18. The number of nitrogens with one attached hydrogen (secondary N) is 1. The fourth-order valence-corrected chi connectivity index (χ4v) is 3.13. The van der Waals surface area contributed by atoms with Crippen LogP contribution in [0, 0.1) is 5.92 Å². The van der Waals surface area contributed by atoms with Gasteiger partial charge in [0.2, 0.25) is 5.91 Å². The van der Waals surface area contributed by atoms with E-state index in [1.807, 2.05) is 6.07 Å². The number of carbonyl (C=O) groups excluding carboxylic acids is 1. The number of carbonyl (C=O) groups is 1. The van der Waals surface area contributed by atoms with Gasteiger partial charge in [0.1, 0.15) is 0 Å². The molecule has 1 saturated heterocycles. The molecule has 1 heterocycles. The predicted octanol–water partition coefficient (Wildman–Crippen LogP) is 2.50. The van der Waals surface area contributed by atoms with Crippen molar-refractivity contribution in [1.82, 2.24) is 5.32 Å². The van der Waals surface area contributed by atoms with Gasteiger partial charge in [0, 0.05) is 31.2 Å². The van der Waals surface area contributed by atoms with Crippen LogP contribution < -0.4 is 10.2 Å². The Morgan fingerprint density at radius 3 is 2.82 bits per heavy atom. The van der Waals surface area contributed by atoms with Crippen LogP contribution >= 0.6 is 0 Å². The number of rotatable bonds is 4. The minimum absolute atomic E-state index is 0.139. The van der Waals surface area contributed by atoms with E-state index in [1.54, 1.807) is 0 Å². The highest BCUT2D eigenvalue weighted by Gasteiger charge is 2.19. The van der Waals surface area contributed by atoms with Crippen molar-refractivity contribution >= 4 is 11.6 Å². The standard InChI is InChI=1S/C18H24N2O2/c21-18(15-6-2-1-3-7-15)19-14-16-8-4-5-9-17(16)20-10-12-22-13-11-20/h1-2,4-5,8-9,15H,3,6-7,10-14H2,(H,19,21). The molecule has 1 aliphatic heterocycles. The minimum atomic E-state index is 0.139. The van der Waals surface area contributed by atoms with Gasteiger partial charge in [-0.15, -0.1) is 0 Å². The van der Waals surface area contributed by atoms with Crippen LogP contribution in [0.25, 0.3) is 0 Å². The Hall–Kier alpha value is -1.81. The third-order valence-corrected chi connectivity index (χ3v) is 4.44. The van der Waals surface area contributed by atoms with Crippen molar-refractivity contribution in [3.8, 4) is 0 Å². The Morgan fingerprint density at radius 2 is 2.05 bits per heavy atom. The normalized spacial score (nSPS) is 21.6. The molecule has 22 heavy (non-hydrogen) atoms. The van der Waals surface area contributed by atoms with Crippen molar-refractivity contribution < 1.29 is 9.53 Å². The lowest BCUT2D eigenvalue weighted by atomic mass is 9.93. The molecule has 1 aromatic carbocycles. The third kappa shape index (κ3) is 3.69. The van der Waals surface area contributed by atoms with Gasteiger partial charge in [-0.1, -0.05) is 30.4 Å². The van der Waals surface area contributed by atoms with Gasteiger partial charge >= 0.3 is 0 Å². The topological polar surface area (TPSA) is 41.6 Å². The van der Waals surface area contributed by atoms with Gasteiger partial charge in [0.05, 0.1) is 13.2 Å². The highest BCUT2D eigenvalue weighted by Crippen LogP contribution is 2.22. The smallest absolute Gasteiger partial charge is 0.223 e. The second-order valence-corrected chi connectivity index (χ2v) is 5.93. The van der Waals surface area contributed by atoms with E-state index in [0.717, 1.165) is 45.6 Å². The fourth-order valence-electron chi connectivity index (χ4n) is 3.13. The van der Waals surface area contributed by atoms with Gasteiger partial charge in [-0.2, -0.15) is 0 Å². The molecule has 0 spiro atoms. The Balaban J connectivity index is 1.62. The molecule has 0 radical (unpaired) electrons. The van der Waals surface area contributed by atoms with Gasteiger partial charge in [-0.05, 0) is 30.9 Å². The molecule has 1 amide bonds. The molecule has 2 aliphatic rings. The molecule has 0 saturated carbocycles. The zero-order valence-corrected chi connectivity index (χ0v) is 13.0. The lowest BCUT2D eigenvalue weighted by Gasteiger charge is -2.30. The maximum Gasteiger partial charge on any atom is 0.223 e. The summed E-state index contributed by atoms with van der Waals surface area (Å²) in [5.74, 6) is 0.321. The van der Waals surface area contributed by atoms with Crippen molar-refractivity contribution in [1.29, 1.82) is 0 Å². The molecule has 3 rings (SSSR count). The predicted molar refractivity (Wildman–Crippen MR) is 87.8 cm³/mol. The number of morpholine rings is 1. The number of hydrogen-bond acceptors (Lipinski definition) is 3. The molecule has 118 valence electrons. The van der Waals surface area contributed by atoms with Gasteiger partial charge < -0.3 is 15.0 Å². The molecule has 1 aliphatic carbocycles. The summed E-state index contributed by atoms with van der Waals surface area (Å²) in [6.07, 6.45) is 7.14. The van der Waals surface area contributed by atoms with Crippen molar-refractivity contribution in [2.24, 2.45) is 5.92 Å². The molecule has 1 atom stereocenters. The average molecular weight is 300 g/mol. The fraction of sp³-hybridized carbons (Fsp3) is 0.500. The quantitative estimate of drug-likeness (QED) is 0.869. The molecule has 4 nitrogen and oxygen atoms in total. The molecule has 0 bridgehead atoms. The van der Waals surface area contributed by atoms with E-state index in [-0.39, 0.29) is 11.8 Å². The van der Waals surface area contributed by atoms with E-state index < -0.39 is 0 Å². The molecule has 1 N–H and O–H groups in total. The van der Waals surface area contributed by atoms with E-state index in [0.29, 0.717) is 6.54 Å². The summed E-state index contributed by atoms with van der Waals surface area (Å²) >= 11 is 0. The van der Waals surface area contributed by atoms with Crippen molar-refractivity contribution in [2.45, 2.75) is 25.8 Å². The summed E-state index contributed by atoms with van der Waals surface area (Å²) < 4.78 is 5.42. The lowest BCUT2D eigenvalue weighted by molar-refractivity contribution is -0.125. The van der Waals surface area contributed by atoms with E-state index in [2.05, 4.69) is 40.6 Å². The Kier molecular flexibility index (Phi) is 5.11. The number of nitrogens with zero attached hydrogens (tertiary/aromatic N) is 1. The zero-order valence-electron chi connectivity index (χ0n) is 13.0. The van der Waals surface area contributed by atoms with Crippen molar-refractivity contribution in [2.75, 3.05) is 31.2 Å². The van der Waals surface area contributed by atoms with Crippen LogP contribution in [0.1, 0.15) is 24.8 Å².